The lowest BCUT2D eigenvalue weighted by Gasteiger charge is -2.03. The van der Waals surface area contributed by atoms with Crippen LogP contribution in [-0.4, -0.2) is 27.0 Å². The smallest absolute Gasteiger partial charge is 0.309 e. The second kappa shape index (κ2) is 5.37. The third-order valence-electron chi connectivity index (χ3n) is 2.94. The zero-order valence-electron chi connectivity index (χ0n) is 10.8. The quantitative estimate of drug-likeness (QED) is 0.690. The minimum absolute atomic E-state index is 0.154. The molecule has 106 valence electrons. The average molecular weight is 301 g/mol. The molecule has 0 spiro atoms. The Morgan fingerprint density at radius 2 is 2.19 bits per heavy atom. The lowest BCUT2D eigenvalue weighted by molar-refractivity contribution is -0.136. The molecule has 0 bridgehead atoms. The predicted molar refractivity (Wildman–Crippen MR) is 79.7 cm³/mol. The van der Waals surface area contributed by atoms with E-state index in [2.05, 4.69) is 15.3 Å². The fraction of sp³-hybridized carbons (Fsp3) is 0.0714. The fourth-order valence-electron chi connectivity index (χ4n) is 2.04. The molecule has 3 rings (SSSR count). The summed E-state index contributed by atoms with van der Waals surface area (Å²) in [5.74, 6) is -1.23. The summed E-state index contributed by atoms with van der Waals surface area (Å²) >= 11 is 1.21. The number of aromatic amines is 1. The Balaban J connectivity index is 1.81. The monoisotopic (exact) mass is 301 g/mol. The molecule has 6 nitrogen and oxygen atoms in total. The zero-order valence-corrected chi connectivity index (χ0v) is 11.6. The van der Waals surface area contributed by atoms with Gasteiger partial charge in [0.2, 0.25) is 0 Å². The largest absolute Gasteiger partial charge is 0.481 e. The van der Waals surface area contributed by atoms with Crippen LogP contribution in [0.3, 0.4) is 0 Å². The highest BCUT2D eigenvalue weighted by Gasteiger charge is 2.13. The van der Waals surface area contributed by atoms with Crippen LogP contribution < -0.4 is 5.32 Å². The van der Waals surface area contributed by atoms with Crippen molar-refractivity contribution < 1.29 is 14.7 Å². The van der Waals surface area contributed by atoms with Crippen molar-refractivity contribution in [1.29, 1.82) is 0 Å². The molecule has 21 heavy (non-hydrogen) atoms. The highest BCUT2D eigenvalue weighted by molar-refractivity contribution is 7.14. The summed E-state index contributed by atoms with van der Waals surface area (Å²) in [6.07, 6.45) is 1.62. The first-order valence-corrected chi connectivity index (χ1v) is 7.05. The minimum Gasteiger partial charge on any atom is -0.481 e. The Bertz CT molecular complexity index is 822. The number of benzene rings is 1. The van der Waals surface area contributed by atoms with E-state index in [1.54, 1.807) is 17.6 Å². The molecule has 0 aliphatic rings. The summed E-state index contributed by atoms with van der Waals surface area (Å²) in [4.78, 5) is 30.0. The standard InChI is InChI=1S/C14H11N3O3S/c18-11(19)6-9-7-21-14(16-9)17-13(20)10-3-1-2-8-4-5-15-12(8)10/h1-5,7,15H,6H2,(H,18,19)(H,16,17,20). The van der Waals surface area contributed by atoms with E-state index < -0.39 is 5.97 Å². The molecule has 0 unspecified atom stereocenters. The predicted octanol–water partition coefficient (Wildman–Crippen LogP) is 2.50. The van der Waals surface area contributed by atoms with Crippen LogP contribution in [0.25, 0.3) is 10.9 Å². The SMILES string of the molecule is O=C(O)Cc1csc(NC(=O)c2cccc3cc[nH]c23)n1. The van der Waals surface area contributed by atoms with Crippen LogP contribution in [0, 0.1) is 0 Å². The number of thiazole rings is 1. The van der Waals surface area contributed by atoms with Crippen molar-refractivity contribution in [2.24, 2.45) is 0 Å². The molecule has 3 N–H and O–H groups in total. The first kappa shape index (κ1) is 13.3. The highest BCUT2D eigenvalue weighted by Crippen LogP contribution is 2.20. The van der Waals surface area contributed by atoms with Gasteiger partial charge in [0.1, 0.15) is 0 Å². The number of carbonyl (C=O) groups excluding carboxylic acids is 1. The van der Waals surface area contributed by atoms with E-state index in [1.165, 1.54) is 11.3 Å². The van der Waals surface area contributed by atoms with E-state index in [4.69, 9.17) is 5.11 Å². The molecule has 7 heteroatoms. The van der Waals surface area contributed by atoms with Gasteiger partial charge in [0.25, 0.3) is 5.91 Å². The van der Waals surface area contributed by atoms with Gasteiger partial charge in [0.15, 0.2) is 5.13 Å². The molecular weight excluding hydrogens is 290 g/mol. The van der Waals surface area contributed by atoms with Crippen molar-refractivity contribution in [2.75, 3.05) is 5.32 Å². The number of anilines is 1. The number of amides is 1. The number of aromatic nitrogens is 2. The van der Waals surface area contributed by atoms with Crippen molar-refractivity contribution in [2.45, 2.75) is 6.42 Å². The molecule has 0 saturated heterocycles. The maximum atomic E-state index is 12.3. The Labute approximate surface area is 123 Å². The van der Waals surface area contributed by atoms with Gasteiger partial charge in [-0.15, -0.1) is 11.3 Å². The van der Waals surface area contributed by atoms with E-state index in [9.17, 15) is 9.59 Å². The number of nitrogens with zero attached hydrogens (tertiary/aromatic N) is 1. The summed E-state index contributed by atoms with van der Waals surface area (Å²) in [6, 6.07) is 7.33. The van der Waals surface area contributed by atoms with E-state index in [0.717, 1.165) is 10.9 Å². The Morgan fingerprint density at radius 3 is 3.00 bits per heavy atom. The van der Waals surface area contributed by atoms with E-state index in [1.807, 2.05) is 18.2 Å². The number of H-pyrrole nitrogens is 1. The minimum atomic E-state index is -0.950. The molecule has 3 aromatic rings. The summed E-state index contributed by atoms with van der Waals surface area (Å²) in [7, 11) is 0. The van der Waals surface area contributed by atoms with Gasteiger partial charge in [-0.05, 0) is 12.1 Å². The lowest BCUT2D eigenvalue weighted by atomic mass is 10.1. The van der Waals surface area contributed by atoms with Crippen LogP contribution in [-0.2, 0) is 11.2 Å². The highest BCUT2D eigenvalue weighted by atomic mass is 32.1. The summed E-state index contributed by atoms with van der Waals surface area (Å²) < 4.78 is 0. The molecule has 0 atom stereocenters. The van der Waals surface area contributed by atoms with Gasteiger partial charge in [0, 0.05) is 17.0 Å². The van der Waals surface area contributed by atoms with Gasteiger partial charge in [-0.25, -0.2) is 4.98 Å². The second-order valence-corrected chi connectivity index (χ2v) is 5.27. The molecule has 2 heterocycles. The van der Waals surface area contributed by atoms with Crippen molar-refractivity contribution in [3.05, 3.63) is 47.1 Å². The Hall–Kier alpha value is -2.67. The van der Waals surface area contributed by atoms with Gasteiger partial charge < -0.3 is 10.1 Å². The number of carboxylic acids is 1. The molecule has 0 aliphatic carbocycles. The van der Waals surface area contributed by atoms with E-state index in [0.29, 0.717) is 16.4 Å². The van der Waals surface area contributed by atoms with Gasteiger partial charge in [-0.2, -0.15) is 0 Å². The van der Waals surface area contributed by atoms with Gasteiger partial charge >= 0.3 is 5.97 Å². The average Bonchev–Trinajstić information content (AvgIpc) is 3.06. The van der Waals surface area contributed by atoms with Gasteiger partial charge in [-0.3, -0.25) is 14.9 Å². The Morgan fingerprint density at radius 1 is 1.33 bits per heavy atom. The molecule has 1 amide bonds. The van der Waals surface area contributed by atoms with Crippen molar-refractivity contribution in [3.63, 3.8) is 0 Å². The van der Waals surface area contributed by atoms with E-state index in [-0.39, 0.29) is 12.3 Å². The normalized spacial score (nSPS) is 10.7. The molecular formula is C14H11N3O3S. The van der Waals surface area contributed by atoms with Crippen LogP contribution in [0.2, 0.25) is 0 Å². The number of carbonyl (C=O) groups is 2. The van der Waals surface area contributed by atoms with Crippen molar-refractivity contribution in [1.82, 2.24) is 9.97 Å². The van der Waals surface area contributed by atoms with Crippen LogP contribution in [0.1, 0.15) is 16.1 Å². The lowest BCUT2D eigenvalue weighted by Crippen LogP contribution is -2.12. The van der Waals surface area contributed by atoms with Crippen molar-refractivity contribution >= 4 is 39.2 Å². The fourth-order valence-corrected chi connectivity index (χ4v) is 2.74. The van der Waals surface area contributed by atoms with E-state index >= 15 is 0 Å². The maximum Gasteiger partial charge on any atom is 0.309 e. The van der Waals surface area contributed by atoms with Crippen LogP contribution in [0.5, 0.6) is 0 Å². The maximum absolute atomic E-state index is 12.3. The van der Waals surface area contributed by atoms with Crippen molar-refractivity contribution in [3.8, 4) is 0 Å². The number of fused-ring (bicyclic) bond motifs is 1. The summed E-state index contributed by atoms with van der Waals surface area (Å²) in [6.45, 7) is 0. The number of nitrogens with one attached hydrogen (secondary N) is 2. The first-order chi connectivity index (χ1) is 10.1. The molecule has 0 fully saturated rings. The number of hydrogen-bond acceptors (Lipinski definition) is 4. The second-order valence-electron chi connectivity index (χ2n) is 4.42. The van der Waals surface area contributed by atoms with Crippen LogP contribution >= 0.6 is 11.3 Å². The first-order valence-electron chi connectivity index (χ1n) is 6.17. The third kappa shape index (κ3) is 2.77. The third-order valence-corrected chi connectivity index (χ3v) is 3.74. The number of hydrogen-bond donors (Lipinski definition) is 3. The summed E-state index contributed by atoms with van der Waals surface area (Å²) in [5.41, 5.74) is 1.71. The van der Waals surface area contributed by atoms with Crippen LogP contribution in [0.15, 0.2) is 35.8 Å². The van der Waals surface area contributed by atoms with Crippen LogP contribution in [0.4, 0.5) is 5.13 Å². The summed E-state index contributed by atoms with van der Waals surface area (Å²) in [5, 5.41) is 14.4. The molecule has 0 saturated carbocycles. The Kier molecular flexibility index (Phi) is 3.41. The number of carboxylic acid groups (broad SMARTS) is 1. The topological polar surface area (TPSA) is 95.1 Å². The molecule has 0 aliphatic heterocycles. The van der Waals surface area contributed by atoms with Gasteiger partial charge in [0.05, 0.1) is 23.2 Å². The number of aliphatic carboxylic acids is 1. The molecule has 1 aromatic carbocycles. The number of para-hydroxylation sites is 1. The molecule has 2 aromatic heterocycles. The molecule has 0 radical (unpaired) electrons. The zero-order chi connectivity index (χ0) is 14.8. The van der Waals surface area contributed by atoms with Gasteiger partial charge in [-0.1, -0.05) is 12.1 Å². The number of rotatable bonds is 4.